The number of hydrogen-bond donors (Lipinski definition) is 0. The van der Waals surface area contributed by atoms with Crippen molar-refractivity contribution in [2.45, 2.75) is 45.4 Å². The van der Waals surface area contributed by atoms with Crippen molar-refractivity contribution >= 4 is 22.4 Å². The van der Waals surface area contributed by atoms with Gasteiger partial charge in [-0.05, 0) is 67.8 Å². The molecule has 0 saturated heterocycles. The van der Waals surface area contributed by atoms with Gasteiger partial charge in [0.15, 0.2) is 17.2 Å². The Bertz CT molecular complexity index is 2270. The van der Waals surface area contributed by atoms with Crippen molar-refractivity contribution in [2.24, 2.45) is 0 Å². The van der Waals surface area contributed by atoms with Crippen molar-refractivity contribution in [3.8, 4) is 45.6 Å². The molecular formula is C42H33NO5. The third kappa shape index (κ3) is 4.06. The summed E-state index contributed by atoms with van der Waals surface area (Å²) in [6.07, 6.45) is -0.271. The van der Waals surface area contributed by atoms with Gasteiger partial charge in [-0.3, -0.25) is 9.69 Å². The molecule has 0 fully saturated rings. The van der Waals surface area contributed by atoms with Crippen molar-refractivity contribution in [3.63, 3.8) is 0 Å². The Hall–Kier alpha value is -5.59. The Morgan fingerprint density at radius 2 is 1.42 bits per heavy atom. The van der Waals surface area contributed by atoms with Crippen molar-refractivity contribution in [2.75, 3.05) is 4.90 Å². The van der Waals surface area contributed by atoms with Gasteiger partial charge in [-0.2, -0.15) is 0 Å². The molecule has 0 aliphatic carbocycles. The van der Waals surface area contributed by atoms with Crippen molar-refractivity contribution in [3.05, 3.63) is 138 Å². The molecule has 0 aromatic heterocycles. The molecule has 6 aromatic rings. The summed E-state index contributed by atoms with van der Waals surface area (Å²) < 4.78 is 27.0. The maximum atomic E-state index is 15.2. The molecule has 0 bridgehead atoms. The lowest BCUT2D eigenvalue weighted by molar-refractivity contribution is -0.0893. The lowest BCUT2D eigenvalue weighted by atomic mass is 9.80. The number of carbonyl (C=O) groups excluding carboxylic acids is 1. The molecule has 1 amide bonds. The van der Waals surface area contributed by atoms with E-state index in [-0.39, 0.29) is 17.9 Å². The van der Waals surface area contributed by atoms with E-state index in [2.05, 4.69) is 39.0 Å². The number of para-hydroxylation sites is 4. The Morgan fingerprint density at radius 3 is 2.12 bits per heavy atom. The summed E-state index contributed by atoms with van der Waals surface area (Å²) in [7, 11) is 0. The number of amides is 1. The van der Waals surface area contributed by atoms with Gasteiger partial charge >= 0.3 is 0 Å². The highest BCUT2D eigenvalue weighted by Crippen LogP contribution is 2.61. The van der Waals surface area contributed by atoms with Gasteiger partial charge in [-0.25, -0.2) is 0 Å². The zero-order valence-electron chi connectivity index (χ0n) is 27.1. The molecule has 236 valence electrons. The highest BCUT2D eigenvalue weighted by Gasteiger charge is 2.52. The van der Waals surface area contributed by atoms with E-state index in [9.17, 15) is 0 Å². The minimum Gasteiger partial charge on any atom is -0.457 e. The van der Waals surface area contributed by atoms with Crippen molar-refractivity contribution < 1.29 is 23.7 Å². The second kappa shape index (κ2) is 10.5. The lowest BCUT2D eigenvalue weighted by Gasteiger charge is -2.51. The molecule has 6 heteroatoms. The van der Waals surface area contributed by atoms with Crippen LogP contribution in [0, 0.1) is 0 Å². The monoisotopic (exact) mass is 631 g/mol. The molecular weight excluding hydrogens is 598 g/mol. The van der Waals surface area contributed by atoms with E-state index in [0.29, 0.717) is 40.1 Å². The van der Waals surface area contributed by atoms with Gasteiger partial charge < -0.3 is 18.9 Å². The second-order valence-electron chi connectivity index (χ2n) is 13.1. The highest BCUT2D eigenvalue weighted by molar-refractivity contribution is 6.24. The van der Waals surface area contributed by atoms with E-state index >= 15 is 4.79 Å². The first-order valence-corrected chi connectivity index (χ1v) is 16.4. The number of anilines is 1. The number of rotatable bonds is 5. The molecule has 0 spiro atoms. The Kier molecular flexibility index (Phi) is 6.24. The third-order valence-electron chi connectivity index (χ3n) is 9.75. The third-order valence-corrected chi connectivity index (χ3v) is 9.75. The molecule has 3 aliphatic heterocycles. The Morgan fingerprint density at radius 1 is 0.750 bits per heavy atom. The molecule has 2 atom stereocenters. The normalized spacial score (nSPS) is 18.6. The van der Waals surface area contributed by atoms with Gasteiger partial charge in [0.25, 0.3) is 5.91 Å². The molecule has 0 radical (unpaired) electrons. The Labute approximate surface area is 279 Å². The second-order valence-corrected chi connectivity index (χ2v) is 13.1. The molecule has 2 unspecified atom stereocenters. The highest BCUT2D eigenvalue weighted by atomic mass is 16.5. The van der Waals surface area contributed by atoms with Gasteiger partial charge in [0.2, 0.25) is 0 Å². The van der Waals surface area contributed by atoms with E-state index in [1.54, 1.807) is 0 Å². The van der Waals surface area contributed by atoms with Crippen LogP contribution in [0.15, 0.2) is 115 Å². The van der Waals surface area contributed by atoms with E-state index in [4.69, 9.17) is 18.9 Å². The number of carbonyl (C=O) groups is 1. The maximum absolute atomic E-state index is 15.2. The molecule has 6 aromatic carbocycles. The zero-order chi connectivity index (χ0) is 32.7. The van der Waals surface area contributed by atoms with Crippen molar-refractivity contribution in [1.29, 1.82) is 0 Å². The van der Waals surface area contributed by atoms with E-state index < -0.39 is 5.72 Å². The lowest BCUT2D eigenvalue weighted by Crippen LogP contribution is -2.55. The van der Waals surface area contributed by atoms with Crippen LogP contribution in [0.5, 0.6) is 34.5 Å². The first kappa shape index (κ1) is 28.6. The summed E-state index contributed by atoms with van der Waals surface area (Å²) in [4.78, 5) is 17.0. The van der Waals surface area contributed by atoms with Gasteiger partial charge in [0, 0.05) is 33.0 Å². The Balaban J connectivity index is 1.41. The average Bonchev–Trinajstić information content (AvgIpc) is 3.09. The van der Waals surface area contributed by atoms with Crippen LogP contribution in [0.1, 0.15) is 66.8 Å². The SMILES string of the molecule is CC(C)c1cccc2c1N1C(=O)c3cc(Oc4ccccc4)c4c5c(c(Oc6ccccc6)cc(c35)C1(C)OC2C)Oc1ccccc1-4. The topological polar surface area (TPSA) is 57.2 Å². The molecule has 9 rings (SSSR count). The first-order chi connectivity index (χ1) is 23.3. The van der Waals surface area contributed by atoms with Gasteiger partial charge in [0.1, 0.15) is 23.0 Å². The predicted octanol–water partition coefficient (Wildman–Crippen LogP) is 11.2. The van der Waals surface area contributed by atoms with Crippen LogP contribution in [0.2, 0.25) is 0 Å². The van der Waals surface area contributed by atoms with Gasteiger partial charge in [-0.15, -0.1) is 0 Å². The molecule has 48 heavy (non-hydrogen) atoms. The molecule has 0 N–H and O–H groups in total. The summed E-state index contributed by atoms with van der Waals surface area (Å²) in [5, 5.41) is 1.53. The standard InChI is InChI=1S/C42H33NO5/c1-24(2)28-19-13-20-29-25(3)48-42(4)32-23-35(46-27-16-9-6-10-17-27)40-38-36(32)31(41(44)43(42)39(28)29)22-34(45-26-14-7-5-8-15-26)37(38)30-18-11-12-21-33(30)47-40/h5-25H,1-4H3. The van der Waals surface area contributed by atoms with Crippen LogP contribution < -0.4 is 19.1 Å². The molecule has 3 heterocycles. The van der Waals surface area contributed by atoms with Crippen LogP contribution in [0.4, 0.5) is 5.69 Å². The largest absolute Gasteiger partial charge is 0.457 e. The molecule has 6 nitrogen and oxygen atoms in total. The maximum Gasteiger partial charge on any atom is 0.261 e. The summed E-state index contributed by atoms with van der Waals surface area (Å²) in [6, 6.07) is 37.4. The minimum atomic E-state index is -1.15. The summed E-state index contributed by atoms with van der Waals surface area (Å²) in [5.41, 5.74) is 4.89. The average molecular weight is 632 g/mol. The summed E-state index contributed by atoms with van der Waals surface area (Å²) in [6.45, 7) is 8.38. The molecule has 0 saturated carbocycles. The number of benzene rings is 6. The number of fused-ring (bicyclic) bond motifs is 6. The van der Waals surface area contributed by atoms with Gasteiger partial charge in [-0.1, -0.05) is 86.6 Å². The number of ether oxygens (including phenoxy) is 4. The molecule has 3 aliphatic rings. The fourth-order valence-corrected chi connectivity index (χ4v) is 7.63. The fraction of sp³-hybridized carbons (Fsp3) is 0.167. The van der Waals surface area contributed by atoms with E-state index in [0.717, 1.165) is 44.3 Å². The zero-order valence-corrected chi connectivity index (χ0v) is 27.1. The number of nitrogens with zero attached hydrogens (tertiary/aromatic N) is 1. The first-order valence-electron chi connectivity index (χ1n) is 16.4. The fourth-order valence-electron chi connectivity index (χ4n) is 7.63. The van der Waals surface area contributed by atoms with Crippen LogP contribution in [0.3, 0.4) is 0 Å². The minimum absolute atomic E-state index is 0.155. The quantitative estimate of drug-likeness (QED) is 0.189. The van der Waals surface area contributed by atoms with Crippen LogP contribution in [-0.2, 0) is 10.5 Å². The predicted molar refractivity (Wildman–Crippen MR) is 187 cm³/mol. The van der Waals surface area contributed by atoms with Crippen LogP contribution in [0.25, 0.3) is 21.9 Å². The van der Waals surface area contributed by atoms with Gasteiger partial charge in [0.05, 0.1) is 17.4 Å². The van der Waals surface area contributed by atoms with E-state index in [1.165, 1.54) is 0 Å². The van der Waals surface area contributed by atoms with E-state index in [1.807, 2.05) is 109 Å². The summed E-state index contributed by atoms with van der Waals surface area (Å²) in [5.74, 6) is 3.65. The van der Waals surface area contributed by atoms with Crippen molar-refractivity contribution in [1.82, 2.24) is 0 Å². The summed E-state index contributed by atoms with van der Waals surface area (Å²) >= 11 is 0. The van der Waals surface area contributed by atoms with Crippen LogP contribution in [-0.4, -0.2) is 5.91 Å². The number of hydrogen-bond acceptors (Lipinski definition) is 5. The smallest absolute Gasteiger partial charge is 0.261 e. The van der Waals surface area contributed by atoms with Crippen LogP contribution >= 0.6 is 0 Å².